The lowest BCUT2D eigenvalue weighted by atomic mass is 10.1. The summed E-state index contributed by atoms with van der Waals surface area (Å²) in [5.41, 5.74) is 0.679. The molecule has 0 aliphatic carbocycles. The van der Waals surface area contributed by atoms with E-state index >= 15 is 0 Å². The van der Waals surface area contributed by atoms with Crippen LogP contribution < -0.4 is 10.7 Å². The Morgan fingerprint density at radius 1 is 1.21 bits per heavy atom. The van der Waals surface area contributed by atoms with E-state index in [9.17, 15) is 4.79 Å². The molecule has 1 heterocycles. The molecule has 0 aliphatic rings. The molecule has 0 amide bonds. The van der Waals surface area contributed by atoms with Gasteiger partial charge >= 0.3 is 0 Å². The molecule has 0 fully saturated rings. The molecule has 0 bridgehead atoms. The second kappa shape index (κ2) is 7.06. The predicted molar refractivity (Wildman–Crippen MR) is 108 cm³/mol. The summed E-state index contributed by atoms with van der Waals surface area (Å²) in [5, 5.41) is 6.95. The van der Waals surface area contributed by atoms with Crippen LogP contribution in [0.1, 0.15) is 26.3 Å². The third-order valence-corrected chi connectivity index (χ3v) is 10.4. The van der Waals surface area contributed by atoms with Crippen molar-refractivity contribution < 1.29 is 0 Å². The Balaban J connectivity index is 2.22. The van der Waals surface area contributed by atoms with Crippen LogP contribution in [0.3, 0.4) is 0 Å². The van der Waals surface area contributed by atoms with Crippen molar-refractivity contribution >= 4 is 36.6 Å². The zero-order valence-corrected chi connectivity index (χ0v) is 17.8. The Morgan fingerprint density at radius 2 is 1.79 bits per heavy atom. The van der Waals surface area contributed by atoms with Crippen LogP contribution in [-0.4, -0.2) is 23.2 Å². The number of hydrogen-bond acceptors (Lipinski definition) is 3. The average Bonchev–Trinajstić information content (AvgIpc) is 2.48. The van der Waals surface area contributed by atoms with Gasteiger partial charge in [0.1, 0.15) is 5.02 Å². The summed E-state index contributed by atoms with van der Waals surface area (Å²) in [6, 6.07) is 8.76. The lowest BCUT2D eigenvalue weighted by molar-refractivity contribution is 0.336. The second-order valence-electron chi connectivity index (χ2n) is 7.75. The number of hydrogen-bond donors (Lipinski definition) is 0. The summed E-state index contributed by atoms with van der Waals surface area (Å²) in [4.78, 5) is 13.2. The molecule has 0 atom stereocenters. The Bertz CT molecular complexity index is 779. The van der Waals surface area contributed by atoms with Crippen molar-refractivity contribution in [3.8, 4) is 0 Å². The third kappa shape index (κ3) is 4.32. The first-order valence-electron chi connectivity index (χ1n) is 8.00. The zero-order valence-electron chi connectivity index (χ0n) is 15.2. The van der Waals surface area contributed by atoms with Crippen molar-refractivity contribution in [2.24, 2.45) is 0 Å². The standard InChI is InChI=1S/C18H25ClN2OSSi/c1-13-7-9-14(10-8-13)24(5,6)12-23-15-11-20-21(18(2,3)4)17(22)16(15)19/h7-11H,12H2,1-6H3. The molecule has 0 saturated heterocycles. The number of halogens is 1. The van der Waals surface area contributed by atoms with Gasteiger partial charge in [0.15, 0.2) is 0 Å². The Hall–Kier alpha value is -1.04. The molecule has 3 nitrogen and oxygen atoms in total. The highest BCUT2D eigenvalue weighted by atomic mass is 35.5. The minimum atomic E-state index is -1.61. The van der Waals surface area contributed by atoms with E-state index in [0.717, 1.165) is 10.3 Å². The van der Waals surface area contributed by atoms with Gasteiger partial charge in [-0.05, 0) is 33.1 Å². The molecular weight excluding hydrogens is 356 g/mol. The van der Waals surface area contributed by atoms with Crippen molar-refractivity contribution in [2.75, 3.05) is 5.38 Å². The van der Waals surface area contributed by atoms with E-state index < -0.39 is 8.07 Å². The van der Waals surface area contributed by atoms with Gasteiger partial charge in [-0.3, -0.25) is 4.79 Å². The summed E-state index contributed by atoms with van der Waals surface area (Å²) < 4.78 is 1.45. The first-order valence-corrected chi connectivity index (χ1v) is 12.6. The van der Waals surface area contributed by atoms with Gasteiger partial charge < -0.3 is 0 Å². The van der Waals surface area contributed by atoms with Crippen LogP contribution in [0.15, 0.2) is 40.2 Å². The van der Waals surface area contributed by atoms with E-state index in [-0.39, 0.29) is 16.1 Å². The zero-order chi connectivity index (χ0) is 18.1. The maximum Gasteiger partial charge on any atom is 0.287 e. The molecule has 2 rings (SSSR count). The molecule has 2 aromatic rings. The minimum absolute atomic E-state index is 0.219. The average molecular weight is 381 g/mol. The topological polar surface area (TPSA) is 34.9 Å². The van der Waals surface area contributed by atoms with Crippen LogP contribution in [0.2, 0.25) is 18.1 Å². The molecule has 0 saturated carbocycles. The van der Waals surface area contributed by atoms with Crippen molar-refractivity contribution in [3.63, 3.8) is 0 Å². The molecule has 24 heavy (non-hydrogen) atoms. The summed E-state index contributed by atoms with van der Waals surface area (Å²) in [6.45, 7) is 12.6. The van der Waals surface area contributed by atoms with Crippen LogP contribution in [0.4, 0.5) is 0 Å². The van der Waals surface area contributed by atoms with E-state index in [0.29, 0.717) is 0 Å². The monoisotopic (exact) mass is 380 g/mol. The van der Waals surface area contributed by atoms with Crippen LogP contribution in [-0.2, 0) is 5.54 Å². The summed E-state index contributed by atoms with van der Waals surface area (Å²) in [7, 11) is -1.61. The molecule has 0 unspecified atom stereocenters. The minimum Gasteiger partial charge on any atom is -0.266 e. The molecule has 1 aromatic heterocycles. The summed E-state index contributed by atoms with van der Waals surface area (Å²) >= 11 is 7.96. The van der Waals surface area contributed by atoms with Gasteiger partial charge in [-0.15, -0.1) is 11.8 Å². The van der Waals surface area contributed by atoms with E-state index in [4.69, 9.17) is 11.6 Å². The molecule has 1 aromatic carbocycles. The molecule has 0 radical (unpaired) electrons. The first kappa shape index (κ1) is 19.3. The highest BCUT2D eigenvalue weighted by Gasteiger charge is 2.25. The van der Waals surface area contributed by atoms with Gasteiger partial charge in [0, 0.05) is 0 Å². The normalized spacial score (nSPS) is 12.5. The van der Waals surface area contributed by atoms with Crippen LogP contribution in [0.5, 0.6) is 0 Å². The molecule has 0 aliphatic heterocycles. The molecule has 130 valence electrons. The van der Waals surface area contributed by atoms with Gasteiger partial charge in [0.05, 0.1) is 24.7 Å². The van der Waals surface area contributed by atoms with E-state index in [1.807, 2.05) is 20.8 Å². The maximum atomic E-state index is 12.4. The Morgan fingerprint density at radius 3 is 2.33 bits per heavy atom. The fraction of sp³-hybridized carbons (Fsp3) is 0.444. The Labute approximate surface area is 154 Å². The smallest absolute Gasteiger partial charge is 0.266 e. The van der Waals surface area contributed by atoms with E-state index in [1.165, 1.54) is 15.4 Å². The number of benzene rings is 1. The fourth-order valence-electron chi connectivity index (χ4n) is 2.34. The predicted octanol–water partition coefficient (Wildman–Crippen LogP) is 4.21. The number of nitrogens with zero attached hydrogens (tertiary/aromatic N) is 2. The summed E-state index contributed by atoms with van der Waals surface area (Å²) in [5.74, 6) is 0. The van der Waals surface area contributed by atoms with Gasteiger partial charge in [-0.25, -0.2) is 4.68 Å². The lowest BCUT2D eigenvalue weighted by Crippen LogP contribution is -2.44. The molecule has 6 heteroatoms. The molecule has 0 spiro atoms. The van der Waals surface area contributed by atoms with Gasteiger partial charge in [-0.1, -0.05) is 59.7 Å². The quantitative estimate of drug-likeness (QED) is 0.588. The number of aryl methyl sites for hydroxylation is 1. The van der Waals surface area contributed by atoms with E-state index in [1.54, 1.807) is 18.0 Å². The number of rotatable bonds is 4. The fourth-order valence-corrected chi connectivity index (χ4v) is 6.77. The van der Waals surface area contributed by atoms with Crippen molar-refractivity contribution in [1.29, 1.82) is 0 Å². The van der Waals surface area contributed by atoms with Crippen molar-refractivity contribution in [3.05, 3.63) is 51.4 Å². The van der Waals surface area contributed by atoms with Crippen molar-refractivity contribution in [1.82, 2.24) is 9.78 Å². The van der Waals surface area contributed by atoms with Crippen LogP contribution in [0, 0.1) is 6.92 Å². The van der Waals surface area contributed by atoms with Crippen LogP contribution >= 0.6 is 23.4 Å². The highest BCUT2D eigenvalue weighted by Crippen LogP contribution is 2.27. The van der Waals surface area contributed by atoms with Gasteiger partial charge in [0.25, 0.3) is 5.56 Å². The largest absolute Gasteiger partial charge is 0.287 e. The maximum absolute atomic E-state index is 12.4. The van der Waals surface area contributed by atoms with E-state index in [2.05, 4.69) is 49.4 Å². The third-order valence-electron chi connectivity index (χ3n) is 3.94. The Kier molecular flexibility index (Phi) is 5.67. The summed E-state index contributed by atoms with van der Waals surface area (Å²) in [6.07, 6.45) is 1.72. The second-order valence-corrected chi connectivity index (χ2v) is 14.4. The van der Waals surface area contributed by atoms with Crippen LogP contribution in [0.25, 0.3) is 0 Å². The number of thioether (sulfide) groups is 1. The van der Waals surface area contributed by atoms with Gasteiger partial charge in [-0.2, -0.15) is 5.10 Å². The van der Waals surface area contributed by atoms with Gasteiger partial charge in [0.2, 0.25) is 0 Å². The SMILES string of the molecule is Cc1ccc([Si](C)(C)CSc2cnn(C(C)(C)C)c(=O)c2Cl)cc1. The highest BCUT2D eigenvalue weighted by molar-refractivity contribution is 8.01. The lowest BCUT2D eigenvalue weighted by Gasteiger charge is -2.24. The number of aromatic nitrogens is 2. The van der Waals surface area contributed by atoms with Crippen molar-refractivity contribution in [2.45, 2.75) is 51.2 Å². The molecule has 0 N–H and O–H groups in total. The first-order chi connectivity index (χ1) is 11.0. The molecular formula is C18H25ClN2OSSi.